The Kier molecular flexibility index (Phi) is 2.63. The van der Waals surface area contributed by atoms with Crippen LogP contribution in [0.1, 0.15) is 12.8 Å². The first-order valence-corrected chi connectivity index (χ1v) is 4.81. The van der Waals surface area contributed by atoms with Crippen LogP contribution >= 0.6 is 0 Å². The Morgan fingerprint density at radius 2 is 2.17 bits per heavy atom. The standard InChI is InChI=1S/C9H17NO2/c10-5-7-2-4-12-9(7)8-1-3-11-6-8/h7-9H,1-6,10H2. The third-order valence-electron chi connectivity index (χ3n) is 3.00. The zero-order valence-electron chi connectivity index (χ0n) is 7.37. The molecule has 2 saturated heterocycles. The van der Waals surface area contributed by atoms with Crippen molar-refractivity contribution in [2.45, 2.75) is 18.9 Å². The van der Waals surface area contributed by atoms with Crippen LogP contribution in [0.15, 0.2) is 0 Å². The van der Waals surface area contributed by atoms with Crippen LogP contribution in [0.25, 0.3) is 0 Å². The molecule has 2 N–H and O–H groups in total. The van der Waals surface area contributed by atoms with Gasteiger partial charge in [-0.1, -0.05) is 0 Å². The van der Waals surface area contributed by atoms with E-state index in [4.69, 9.17) is 15.2 Å². The molecule has 3 atom stereocenters. The van der Waals surface area contributed by atoms with Gasteiger partial charge in [0.25, 0.3) is 0 Å². The monoisotopic (exact) mass is 171 g/mol. The summed E-state index contributed by atoms with van der Waals surface area (Å²) in [6.07, 6.45) is 2.68. The molecule has 2 fully saturated rings. The summed E-state index contributed by atoms with van der Waals surface area (Å²) in [7, 11) is 0. The molecule has 0 radical (unpaired) electrons. The summed E-state index contributed by atoms with van der Waals surface area (Å²) in [6.45, 7) is 3.44. The van der Waals surface area contributed by atoms with Crippen molar-refractivity contribution >= 4 is 0 Å². The lowest BCUT2D eigenvalue weighted by atomic mass is 9.90. The number of hydrogen-bond acceptors (Lipinski definition) is 3. The molecule has 0 aromatic rings. The molecule has 2 rings (SSSR count). The van der Waals surface area contributed by atoms with Crippen molar-refractivity contribution in [3.05, 3.63) is 0 Å². The highest BCUT2D eigenvalue weighted by molar-refractivity contribution is 4.84. The average molecular weight is 171 g/mol. The first kappa shape index (κ1) is 8.48. The van der Waals surface area contributed by atoms with E-state index >= 15 is 0 Å². The smallest absolute Gasteiger partial charge is 0.0667 e. The SMILES string of the molecule is NCC1CCOC1C1CCOC1. The molecule has 3 heteroatoms. The molecule has 0 saturated carbocycles. The summed E-state index contributed by atoms with van der Waals surface area (Å²) in [6, 6.07) is 0. The molecule has 12 heavy (non-hydrogen) atoms. The van der Waals surface area contributed by atoms with Gasteiger partial charge in [-0.2, -0.15) is 0 Å². The maximum Gasteiger partial charge on any atom is 0.0667 e. The average Bonchev–Trinajstić information content (AvgIpc) is 2.74. The minimum absolute atomic E-state index is 0.387. The maximum atomic E-state index is 5.68. The molecule has 0 aromatic carbocycles. The van der Waals surface area contributed by atoms with Gasteiger partial charge < -0.3 is 15.2 Å². The minimum Gasteiger partial charge on any atom is -0.381 e. The van der Waals surface area contributed by atoms with Crippen molar-refractivity contribution < 1.29 is 9.47 Å². The van der Waals surface area contributed by atoms with Gasteiger partial charge in [0, 0.05) is 19.1 Å². The molecule has 3 unspecified atom stereocenters. The highest BCUT2D eigenvalue weighted by Crippen LogP contribution is 2.30. The fraction of sp³-hybridized carbons (Fsp3) is 1.00. The molecular formula is C9H17NO2. The van der Waals surface area contributed by atoms with Crippen molar-refractivity contribution in [1.82, 2.24) is 0 Å². The Hall–Kier alpha value is -0.120. The second-order valence-corrected chi connectivity index (χ2v) is 3.74. The van der Waals surface area contributed by atoms with Gasteiger partial charge in [-0.3, -0.25) is 0 Å². The molecule has 70 valence electrons. The van der Waals surface area contributed by atoms with E-state index in [1.807, 2.05) is 0 Å². The van der Waals surface area contributed by atoms with Gasteiger partial charge in [-0.15, -0.1) is 0 Å². The Morgan fingerprint density at radius 3 is 2.83 bits per heavy atom. The highest BCUT2D eigenvalue weighted by Gasteiger charge is 2.35. The van der Waals surface area contributed by atoms with Crippen LogP contribution in [0.5, 0.6) is 0 Å². The largest absolute Gasteiger partial charge is 0.381 e. The number of rotatable bonds is 2. The molecule has 2 aliphatic heterocycles. The first-order chi connectivity index (χ1) is 5.92. The van der Waals surface area contributed by atoms with E-state index in [2.05, 4.69) is 0 Å². The Labute approximate surface area is 73.2 Å². The van der Waals surface area contributed by atoms with Crippen LogP contribution in [-0.4, -0.2) is 32.5 Å². The van der Waals surface area contributed by atoms with Gasteiger partial charge in [0.15, 0.2) is 0 Å². The van der Waals surface area contributed by atoms with Crippen LogP contribution in [0.4, 0.5) is 0 Å². The van der Waals surface area contributed by atoms with Crippen LogP contribution in [0, 0.1) is 11.8 Å². The fourth-order valence-electron chi connectivity index (χ4n) is 2.24. The lowest BCUT2D eigenvalue weighted by Gasteiger charge is -2.21. The number of hydrogen-bond donors (Lipinski definition) is 1. The van der Waals surface area contributed by atoms with Crippen molar-refractivity contribution in [1.29, 1.82) is 0 Å². The fourth-order valence-corrected chi connectivity index (χ4v) is 2.24. The van der Waals surface area contributed by atoms with Gasteiger partial charge in [0.2, 0.25) is 0 Å². The van der Waals surface area contributed by atoms with E-state index in [1.54, 1.807) is 0 Å². The summed E-state index contributed by atoms with van der Waals surface area (Å²) < 4.78 is 11.0. The molecule has 0 amide bonds. The third kappa shape index (κ3) is 1.49. The second-order valence-electron chi connectivity index (χ2n) is 3.74. The zero-order valence-corrected chi connectivity index (χ0v) is 7.37. The summed E-state index contributed by atoms with van der Waals surface area (Å²) in [5.74, 6) is 1.19. The normalized spacial score (nSPS) is 42.2. The van der Waals surface area contributed by atoms with E-state index in [0.29, 0.717) is 17.9 Å². The van der Waals surface area contributed by atoms with E-state index < -0.39 is 0 Å². The zero-order chi connectivity index (χ0) is 8.39. The van der Waals surface area contributed by atoms with E-state index in [1.165, 1.54) is 0 Å². The van der Waals surface area contributed by atoms with Crippen molar-refractivity contribution in [2.24, 2.45) is 17.6 Å². The summed E-state index contributed by atoms with van der Waals surface area (Å²) in [5.41, 5.74) is 5.67. The quantitative estimate of drug-likeness (QED) is 0.653. The first-order valence-electron chi connectivity index (χ1n) is 4.81. The lowest BCUT2D eigenvalue weighted by Crippen LogP contribution is -2.31. The Morgan fingerprint density at radius 1 is 1.25 bits per heavy atom. The number of ether oxygens (including phenoxy) is 2. The number of nitrogens with two attached hydrogens (primary N) is 1. The van der Waals surface area contributed by atoms with Crippen LogP contribution in [-0.2, 0) is 9.47 Å². The van der Waals surface area contributed by atoms with Crippen LogP contribution in [0.2, 0.25) is 0 Å². The van der Waals surface area contributed by atoms with E-state index in [0.717, 1.165) is 39.2 Å². The van der Waals surface area contributed by atoms with Crippen molar-refractivity contribution in [3.8, 4) is 0 Å². The minimum atomic E-state index is 0.387. The van der Waals surface area contributed by atoms with Crippen molar-refractivity contribution in [3.63, 3.8) is 0 Å². The van der Waals surface area contributed by atoms with Gasteiger partial charge in [-0.05, 0) is 25.3 Å². The highest BCUT2D eigenvalue weighted by atomic mass is 16.5. The van der Waals surface area contributed by atoms with Gasteiger partial charge in [0.05, 0.1) is 12.7 Å². The predicted octanol–water partition coefficient (Wildman–Crippen LogP) is 0.387. The van der Waals surface area contributed by atoms with Crippen LogP contribution < -0.4 is 5.73 Å². The Balaban J connectivity index is 1.92. The topological polar surface area (TPSA) is 44.5 Å². The summed E-state index contributed by atoms with van der Waals surface area (Å²) >= 11 is 0. The third-order valence-corrected chi connectivity index (χ3v) is 3.00. The van der Waals surface area contributed by atoms with Gasteiger partial charge in [0.1, 0.15) is 0 Å². The Bertz CT molecular complexity index is 145. The molecule has 0 aliphatic carbocycles. The second kappa shape index (κ2) is 3.73. The van der Waals surface area contributed by atoms with E-state index in [-0.39, 0.29) is 0 Å². The molecule has 2 aliphatic rings. The van der Waals surface area contributed by atoms with Gasteiger partial charge >= 0.3 is 0 Å². The molecule has 0 spiro atoms. The van der Waals surface area contributed by atoms with Crippen molar-refractivity contribution in [2.75, 3.05) is 26.4 Å². The molecule has 3 nitrogen and oxygen atoms in total. The molecule has 2 heterocycles. The molecular weight excluding hydrogens is 154 g/mol. The van der Waals surface area contributed by atoms with Gasteiger partial charge in [-0.25, -0.2) is 0 Å². The summed E-state index contributed by atoms with van der Waals surface area (Å²) in [4.78, 5) is 0. The maximum absolute atomic E-state index is 5.68. The van der Waals surface area contributed by atoms with E-state index in [9.17, 15) is 0 Å². The molecule has 0 aromatic heterocycles. The predicted molar refractivity (Wildman–Crippen MR) is 45.8 cm³/mol. The molecule has 0 bridgehead atoms. The summed E-state index contributed by atoms with van der Waals surface area (Å²) in [5, 5.41) is 0. The van der Waals surface area contributed by atoms with Crippen LogP contribution in [0.3, 0.4) is 0 Å². The lowest BCUT2D eigenvalue weighted by molar-refractivity contribution is 0.0373.